The van der Waals surface area contributed by atoms with Gasteiger partial charge >= 0.3 is 0 Å². The molecule has 0 spiro atoms. The van der Waals surface area contributed by atoms with E-state index in [9.17, 15) is 13.2 Å². The average Bonchev–Trinajstić information content (AvgIpc) is 2.53. The molecule has 1 N–H and O–H groups in total. The van der Waals surface area contributed by atoms with Crippen molar-refractivity contribution in [3.63, 3.8) is 0 Å². The van der Waals surface area contributed by atoms with Crippen LogP contribution in [0.1, 0.15) is 18.1 Å². The van der Waals surface area contributed by atoms with Crippen LogP contribution in [0.4, 0.5) is 5.69 Å². The second kappa shape index (κ2) is 7.99. The third-order valence-corrected chi connectivity index (χ3v) is 5.49. The Bertz CT molecular complexity index is 844. The van der Waals surface area contributed by atoms with Crippen LogP contribution >= 0.6 is 11.6 Å². The Labute approximate surface area is 153 Å². The second-order valence-electron chi connectivity index (χ2n) is 5.79. The summed E-state index contributed by atoms with van der Waals surface area (Å²) >= 11 is 6.31. The molecule has 1 amide bonds. The van der Waals surface area contributed by atoms with E-state index >= 15 is 0 Å². The maximum Gasteiger partial charge on any atom is 0.240 e. The highest BCUT2D eigenvalue weighted by atomic mass is 35.5. The Morgan fingerprint density at radius 2 is 1.80 bits per heavy atom. The molecule has 7 heteroatoms. The van der Waals surface area contributed by atoms with Gasteiger partial charge in [-0.05, 0) is 43.2 Å². The summed E-state index contributed by atoms with van der Waals surface area (Å²) in [7, 11) is -3.61. The fourth-order valence-corrected chi connectivity index (χ4v) is 4.12. The molecule has 0 aromatic heterocycles. The quantitative estimate of drug-likeness (QED) is 0.836. The molecule has 2 rings (SSSR count). The van der Waals surface area contributed by atoms with Crippen molar-refractivity contribution < 1.29 is 13.2 Å². The number of anilines is 1. The van der Waals surface area contributed by atoms with Crippen molar-refractivity contribution >= 4 is 33.2 Å². The average molecular weight is 381 g/mol. The van der Waals surface area contributed by atoms with Gasteiger partial charge in [-0.25, -0.2) is 13.1 Å². The molecular weight excluding hydrogens is 360 g/mol. The van der Waals surface area contributed by atoms with Gasteiger partial charge in [-0.1, -0.05) is 35.9 Å². The van der Waals surface area contributed by atoms with Crippen LogP contribution in [0, 0.1) is 13.8 Å². The van der Waals surface area contributed by atoms with Crippen molar-refractivity contribution in [2.75, 3.05) is 18.0 Å². The minimum atomic E-state index is -3.61. The zero-order chi connectivity index (χ0) is 18.6. The van der Waals surface area contributed by atoms with Gasteiger partial charge < -0.3 is 4.90 Å². The first-order chi connectivity index (χ1) is 11.7. The van der Waals surface area contributed by atoms with Gasteiger partial charge in [0.05, 0.1) is 15.6 Å². The van der Waals surface area contributed by atoms with Crippen LogP contribution in [-0.2, 0) is 14.8 Å². The summed E-state index contributed by atoms with van der Waals surface area (Å²) in [4.78, 5) is 13.7. The number of hydrogen-bond donors (Lipinski definition) is 1. The van der Waals surface area contributed by atoms with E-state index in [4.69, 9.17) is 11.6 Å². The number of nitrogens with zero attached hydrogens (tertiary/aromatic N) is 1. The van der Waals surface area contributed by atoms with E-state index in [1.54, 1.807) is 24.3 Å². The molecule has 0 saturated carbocycles. The molecule has 0 saturated heterocycles. The molecule has 25 heavy (non-hydrogen) atoms. The van der Waals surface area contributed by atoms with Crippen LogP contribution < -0.4 is 9.62 Å². The number of carbonyl (C=O) groups is 1. The minimum absolute atomic E-state index is 0.0838. The molecule has 0 unspecified atom stereocenters. The van der Waals surface area contributed by atoms with Crippen molar-refractivity contribution in [1.29, 1.82) is 0 Å². The lowest BCUT2D eigenvalue weighted by molar-refractivity contribution is -0.116. The smallest absolute Gasteiger partial charge is 0.240 e. The van der Waals surface area contributed by atoms with E-state index in [0.717, 1.165) is 11.1 Å². The molecule has 0 aliphatic rings. The first kappa shape index (κ1) is 19.4. The van der Waals surface area contributed by atoms with E-state index in [-0.39, 0.29) is 23.9 Å². The molecule has 0 radical (unpaired) electrons. The topological polar surface area (TPSA) is 66.5 Å². The summed E-state index contributed by atoms with van der Waals surface area (Å²) in [6, 6.07) is 11.8. The van der Waals surface area contributed by atoms with Crippen LogP contribution in [0.3, 0.4) is 0 Å². The number of hydrogen-bond acceptors (Lipinski definition) is 3. The zero-order valence-electron chi connectivity index (χ0n) is 14.4. The molecular formula is C18H21ClN2O3S. The number of halogens is 1. The molecule has 0 fully saturated rings. The van der Waals surface area contributed by atoms with E-state index in [0.29, 0.717) is 10.7 Å². The number of amides is 1. The number of nitrogens with one attached hydrogen (secondary N) is 1. The van der Waals surface area contributed by atoms with Crippen LogP contribution in [0.15, 0.2) is 47.4 Å². The van der Waals surface area contributed by atoms with Crippen molar-refractivity contribution in [2.24, 2.45) is 0 Å². The molecule has 2 aromatic rings. The molecule has 5 nitrogen and oxygen atoms in total. The summed E-state index contributed by atoms with van der Waals surface area (Å²) in [5.41, 5.74) is 2.48. The van der Waals surface area contributed by atoms with E-state index in [2.05, 4.69) is 4.72 Å². The van der Waals surface area contributed by atoms with Gasteiger partial charge in [0.1, 0.15) is 0 Å². The highest BCUT2D eigenvalue weighted by molar-refractivity contribution is 7.89. The predicted octanol–water partition coefficient (Wildman–Crippen LogP) is 3.29. The van der Waals surface area contributed by atoms with E-state index in [1.807, 2.05) is 19.9 Å². The molecule has 134 valence electrons. The Kier molecular flexibility index (Phi) is 6.21. The third-order valence-electron chi connectivity index (χ3n) is 3.73. The molecule has 0 bridgehead atoms. The third kappa shape index (κ3) is 4.81. The fraction of sp³-hybridized carbons (Fsp3) is 0.278. The van der Waals surface area contributed by atoms with Crippen molar-refractivity contribution in [1.82, 2.24) is 4.72 Å². The van der Waals surface area contributed by atoms with Crippen LogP contribution in [0.25, 0.3) is 0 Å². The zero-order valence-corrected chi connectivity index (χ0v) is 16.0. The number of rotatable bonds is 6. The summed E-state index contributed by atoms with van der Waals surface area (Å²) in [5, 5.41) is 0.471. The summed E-state index contributed by atoms with van der Waals surface area (Å²) in [6.07, 6.45) is 0. The maximum atomic E-state index is 12.3. The standard InChI is InChI=1S/C18H21ClN2O3S/c1-13-11-14(2)18(17(19)12-13)21(15(3)22)10-9-20-25(23,24)16-7-5-4-6-8-16/h4-8,11-12,20H,9-10H2,1-3H3. The van der Waals surface area contributed by atoms with Gasteiger partial charge in [0.15, 0.2) is 0 Å². The number of benzene rings is 2. The van der Waals surface area contributed by atoms with E-state index < -0.39 is 10.0 Å². The van der Waals surface area contributed by atoms with Crippen LogP contribution in [0.2, 0.25) is 5.02 Å². The predicted molar refractivity (Wildman–Crippen MR) is 101 cm³/mol. The fourth-order valence-electron chi connectivity index (χ4n) is 2.65. The van der Waals surface area contributed by atoms with Crippen LogP contribution in [-0.4, -0.2) is 27.4 Å². The lowest BCUT2D eigenvalue weighted by Crippen LogP contribution is -2.38. The normalized spacial score (nSPS) is 11.4. The largest absolute Gasteiger partial charge is 0.310 e. The SMILES string of the molecule is CC(=O)N(CCNS(=O)(=O)c1ccccc1)c1c(C)cc(C)cc1Cl. The van der Waals surface area contributed by atoms with Gasteiger partial charge in [-0.2, -0.15) is 0 Å². The van der Waals surface area contributed by atoms with Crippen molar-refractivity contribution in [3.05, 3.63) is 58.6 Å². The Hall–Kier alpha value is -1.89. The lowest BCUT2D eigenvalue weighted by Gasteiger charge is -2.25. The van der Waals surface area contributed by atoms with Gasteiger partial charge in [0.2, 0.25) is 15.9 Å². The Morgan fingerprint density at radius 3 is 2.36 bits per heavy atom. The monoisotopic (exact) mass is 380 g/mol. The van der Waals surface area contributed by atoms with Gasteiger partial charge in [0, 0.05) is 20.0 Å². The molecule has 0 heterocycles. The Balaban J connectivity index is 2.16. The van der Waals surface area contributed by atoms with E-state index in [1.165, 1.54) is 24.0 Å². The van der Waals surface area contributed by atoms with Crippen LogP contribution in [0.5, 0.6) is 0 Å². The number of aryl methyl sites for hydroxylation is 2. The first-order valence-electron chi connectivity index (χ1n) is 7.82. The molecule has 0 atom stereocenters. The van der Waals surface area contributed by atoms with Gasteiger partial charge in [-0.15, -0.1) is 0 Å². The number of sulfonamides is 1. The number of carbonyl (C=O) groups excluding carboxylic acids is 1. The van der Waals surface area contributed by atoms with Gasteiger partial charge in [0.25, 0.3) is 0 Å². The second-order valence-corrected chi connectivity index (χ2v) is 7.97. The Morgan fingerprint density at radius 1 is 1.16 bits per heavy atom. The highest BCUT2D eigenvalue weighted by Gasteiger charge is 2.19. The first-order valence-corrected chi connectivity index (χ1v) is 9.68. The maximum absolute atomic E-state index is 12.3. The highest BCUT2D eigenvalue weighted by Crippen LogP contribution is 2.31. The lowest BCUT2D eigenvalue weighted by atomic mass is 10.1. The summed E-state index contributed by atoms with van der Waals surface area (Å²) in [6.45, 7) is 5.50. The summed E-state index contributed by atoms with van der Waals surface area (Å²) < 4.78 is 27.0. The van der Waals surface area contributed by atoms with Crippen molar-refractivity contribution in [3.8, 4) is 0 Å². The molecule has 2 aromatic carbocycles. The molecule has 0 aliphatic carbocycles. The minimum Gasteiger partial charge on any atom is -0.310 e. The summed E-state index contributed by atoms with van der Waals surface area (Å²) in [5.74, 6) is -0.201. The van der Waals surface area contributed by atoms with Gasteiger partial charge in [-0.3, -0.25) is 4.79 Å². The molecule has 0 aliphatic heterocycles. The van der Waals surface area contributed by atoms with Crippen molar-refractivity contribution in [2.45, 2.75) is 25.7 Å².